The van der Waals surface area contributed by atoms with Crippen LogP contribution in [0.1, 0.15) is 24.5 Å². The van der Waals surface area contributed by atoms with E-state index in [9.17, 15) is 9.90 Å². The minimum atomic E-state index is -0.922. The molecule has 1 aliphatic rings. The van der Waals surface area contributed by atoms with Crippen molar-refractivity contribution in [1.29, 1.82) is 0 Å². The Kier molecular flexibility index (Phi) is 6.87. The molecule has 1 unspecified atom stereocenters. The van der Waals surface area contributed by atoms with Gasteiger partial charge in [0.15, 0.2) is 0 Å². The van der Waals surface area contributed by atoms with Gasteiger partial charge in [-0.15, -0.1) is 0 Å². The fourth-order valence-electron chi connectivity index (χ4n) is 3.49. The molecule has 3 heterocycles. The molecule has 31 heavy (non-hydrogen) atoms. The quantitative estimate of drug-likeness (QED) is 0.578. The topological polar surface area (TPSA) is 89.3 Å². The van der Waals surface area contributed by atoms with E-state index in [-0.39, 0.29) is 18.1 Å². The summed E-state index contributed by atoms with van der Waals surface area (Å²) in [5.41, 5.74) is 1.63. The fourth-order valence-corrected chi connectivity index (χ4v) is 4.03. The lowest BCUT2D eigenvalue weighted by Crippen LogP contribution is -2.28. The summed E-state index contributed by atoms with van der Waals surface area (Å²) in [6, 6.07) is 10.2. The Labute approximate surface area is 189 Å². The van der Waals surface area contributed by atoms with Gasteiger partial charge in [0.2, 0.25) is 5.95 Å². The molecule has 9 heteroatoms. The number of hydrogen-bond acceptors (Lipinski definition) is 6. The van der Waals surface area contributed by atoms with E-state index in [0.717, 1.165) is 26.1 Å². The Balaban J connectivity index is 1.49. The highest BCUT2D eigenvalue weighted by Gasteiger charge is 2.15. The van der Waals surface area contributed by atoms with Gasteiger partial charge in [-0.1, -0.05) is 23.2 Å². The summed E-state index contributed by atoms with van der Waals surface area (Å²) in [7, 11) is 0. The molecule has 2 aromatic heterocycles. The Hall–Kier alpha value is -2.45. The Morgan fingerprint density at radius 2 is 1.90 bits per heavy atom. The van der Waals surface area contributed by atoms with Crippen LogP contribution in [0.15, 0.2) is 53.6 Å². The number of nitrogens with zero attached hydrogens (tertiary/aromatic N) is 3. The molecule has 0 spiro atoms. The fraction of sp³-hybridized carbons (Fsp3) is 0.318. The molecule has 0 bridgehead atoms. The zero-order valence-electron chi connectivity index (χ0n) is 16.7. The van der Waals surface area contributed by atoms with Crippen LogP contribution < -0.4 is 10.9 Å². The molecular weight excluding hydrogens is 439 g/mol. The first-order valence-electron chi connectivity index (χ1n) is 10.0. The molecule has 3 aromatic rings. The van der Waals surface area contributed by atoms with Gasteiger partial charge in [-0.3, -0.25) is 4.79 Å². The van der Waals surface area contributed by atoms with Crippen LogP contribution >= 0.6 is 23.2 Å². The van der Waals surface area contributed by atoms with Crippen molar-refractivity contribution in [1.82, 2.24) is 14.5 Å². The molecule has 0 aliphatic carbocycles. The zero-order chi connectivity index (χ0) is 21.8. The molecule has 0 saturated carbocycles. The molecular formula is C22H22Cl2N4O3. The third-order valence-corrected chi connectivity index (χ3v) is 5.58. The van der Waals surface area contributed by atoms with Gasteiger partial charge in [0.1, 0.15) is 0 Å². The lowest BCUT2D eigenvalue weighted by Gasteiger charge is -2.23. The highest BCUT2D eigenvalue weighted by molar-refractivity contribution is 6.34. The van der Waals surface area contributed by atoms with Crippen LogP contribution in [-0.2, 0) is 11.3 Å². The monoisotopic (exact) mass is 460 g/mol. The number of aromatic nitrogens is 3. The molecule has 1 saturated heterocycles. The van der Waals surface area contributed by atoms with E-state index in [0.29, 0.717) is 32.8 Å². The second kappa shape index (κ2) is 9.78. The number of aliphatic hydroxyl groups is 1. The van der Waals surface area contributed by atoms with E-state index in [1.165, 1.54) is 10.6 Å². The predicted molar refractivity (Wildman–Crippen MR) is 121 cm³/mol. The molecule has 1 atom stereocenters. The first-order valence-corrected chi connectivity index (χ1v) is 10.8. The number of anilines is 1. The normalized spacial score (nSPS) is 15.6. The maximum absolute atomic E-state index is 12.6. The van der Waals surface area contributed by atoms with Gasteiger partial charge in [-0.2, -0.15) is 0 Å². The maximum Gasteiger partial charge on any atom is 0.251 e. The van der Waals surface area contributed by atoms with Crippen molar-refractivity contribution in [2.45, 2.75) is 31.5 Å². The van der Waals surface area contributed by atoms with Crippen molar-refractivity contribution in [2.24, 2.45) is 0 Å². The van der Waals surface area contributed by atoms with Crippen LogP contribution in [0.3, 0.4) is 0 Å². The summed E-state index contributed by atoms with van der Waals surface area (Å²) < 4.78 is 6.81. The molecule has 0 radical (unpaired) electrons. The van der Waals surface area contributed by atoms with Crippen LogP contribution in [0.25, 0.3) is 11.3 Å². The molecule has 1 aromatic carbocycles. The average molecular weight is 461 g/mol. The average Bonchev–Trinajstić information content (AvgIpc) is 2.75. The van der Waals surface area contributed by atoms with Crippen molar-refractivity contribution in [3.05, 3.63) is 74.8 Å². The van der Waals surface area contributed by atoms with E-state index in [1.54, 1.807) is 42.7 Å². The van der Waals surface area contributed by atoms with Crippen LogP contribution in [-0.4, -0.2) is 38.9 Å². The van der Waals surface area contributed by atoms with Crippen LogP contribution in [0.4, 0.5) is 5.95 Å². The molecule has 2 N–H and O–H groups in total. The van der Waals surface area contributed by atoms with E-state index >= 15 is 0 Å². The summed E-state index contributed by atoms with van der Waals surface area (Å²) in [5, 5.41) is 14.7. The second-order valence-corrected chi connectivity index (χ2v) is 8.29. The summed E-state index contributed by atoms with van der Waals surface area (Å²) in [5.74, 6) is 0.529. The summed E-state index contributed by atoms with van der Waals surface area (Å²) in [6.07, 6.45) is 4.20. The van der Waals surface area contributed by atoms with Crippen LogP contribution in [0, 0.1) is 0 Å². The molecule has 0 amide bonds. The number of pyridine rings is 1. The standard InChI is InChI=1S/C22H22Cl2N4O3/c23-16-9-15(10-17(24)12-16)20(29)13-28-6-2-14(11-21(28)30)19-1-5-25-22(27-19)26-18-3-7-31-8-4-18/h1-2,5-6,9-12,18,20,29H,3-4,7-8,13H2,(H,25,26,27). The first kappa shape index (κ1) is 21.8. The Morgan fingerprint density at radius 3 is 2.61 bits per heavy atom. The van der Waals surface area contributed by atoms with Gasteiger partial charge < -0.3 is 19.7 Å². The van der Waals surface area contributed by atoms with Gasteiger partial charge in [0.25, 0.3) is 5.56 Å². The zero-order valence-corrected chi connectivity index (χ0v) is 18.2. The largest absolute Gasteiger partial charge is 0.387 e. The van der Waals surface area contributed by atoms with Crippen molar-refractivity contribution in [3.63, 3.8) is 0 Å². The summed E-state index contributed by atoms with van der Waals surface area (Å²) >= 11 is 12.0. The van der Waals surface area contributed by atoms with Gasteiger partial charge in [-0.05, 0) is 48.7 Å². The number of rotatable bonds is 6. The molecule has 1 aliphatic heterocycles. The number of nitrogens with one attached hydrogen (secondary N) is 1. The van der Waals surface area contributed by atoms with Crippen LogP contribution in [0.2, 0.25) is 10.0 Å². The first-order chi connectivity index (χ1) is 15.0. The number of ether oxygens (including phenoxy) is 1. The highest BCUT2D eigenvalue weighted by atomic mass is 35.5. The van der Waals surface area contributed by atoms with E-state index in [2.05, 4.69) is 15.3 Å². The van der Waals surface area contributed by atoms with E-state index in [1.807, 2.05) is 0 Å². The highest BCUT2D eigenvalue weighted by Crippen LogP contribution is 2.24. The van der Waals surface area contributed by atoms with Crippen LogP contribution in [0.5, 0.6) is 0 Å². The number of aliphatic hydroxyl groups excluding tert-OH is 1. The van der Waals surface area contributed by atoms with Gasteiger partial charge in [0, 0.05) is 53.3 Å². The summed E-state index contributed by atoms with van der Waals surface area (Å²) in [6.45, 7) is 1.53. The van der Waals surface area contributed by atoms with Gasteiger partial charge >= 0.3 is 0 Å². The third-order valence-electron chi connectivity index (χ3n) is 5.14. The lowest BCUT2D eigenvalue weighted by molar-refractivity contribution is 0.0903. The molecule has 4 rings (SSSR count). The van der Waals surface area contributed by atoms with Crippen molar-refractivity contribution >= 4 is 29.2 Å². The number of halogens is 2. The van der Waals surface area contributed by atoms with E-state index < -0.39 is 6.10 Å². The smallest absolute Gasteiger partial charge is 0.251 e. The molecule has 162 valence electrons. The van der Waals surface area contributed by atoms with E-state index in [4.69, 9.17) is 27.9 Å². The Bertz CT molecular complexity index is 1100. The lowest BCUT2D eigenvalue weighted by atomic mass is 10.1. The third kappa shape index (κ3) is 5.62. The number of hydrogen-bond donors (Lipinski definition) is 2. The SMILES string of the molecule is O=c1cc(-c2ccnc(NC3CCOCC3)n2)ccn1CC(O)c1cc(Cl)cc(Cl)c1. The minimum Gasteiger partial charge on any atom is -0.387 e. The predicted octanol–water partition coefficient (Wildman–Crippen LogP) is 3.94. The minimum absolute atomic E-state index is 0.0795. The molecule has 7 nitrogen and oxygen atoms in total. The van der Waals surface area contributed by atoms with Crippen molar-refractivity contribution < 1.29 is 9.84 Å². The Morgan fingerprint density at radius 1 is 1.16 bits per heavy atom. The summed E-state index contributed by atoms with van der Waals surface area (Å²) in [4.78, 5) is 21.5. The number of benzene rings is 1. The van der Waals surface area contributed by atoms with Gasteiger partial charge in [0.05, 0.1) is 18.3 Å². The molecule has 1 fully saturated rings. The van der Waals surface area contributed by atoms with Crippen molar-refractivity contribution in [3.8, 4) is 11.3 Å². The second-order valence-electron chi connectivity index (χ2n) is 7.42. The maximum atomic E-state index is 12.6. The van der Waals surface area contributed by atoms with Gasteiger partial charge in [-0.25, -0.2) is 9.97 Å². The van der Waals surface area contributed by atoms with Crippen molar-refractivity contribution in [2.75, 3.05) is 18.5 Å².